The Balaban J connectivity index is 1.50. The minimum atomic E-state index is 0.692. The SMILES string of the molecule is COc1ncnc2c1CN(Cc1csc(-c3cccs3)n1)CC2. The van der Waals surface area contributed by atoms with Crippen molar-refractivity contribution in [1.29, 1.82) is 0 Å². The van der Waals surface area contributed by atoms with Gasteiger partial charge in [0.05, 0.1) is 23.4 Å². The molecule has 0 saturated heterocycles. The molecule has 0 radical (unpaired) electrons. The van der Waals surface area contributed by atoms with E-state index >= 15 is 0 Å². The van der Waals surface area contributed by atoms with E-state index in [2.05, 4.69) is 37.8 Å². The molecule has 0 fully saturated rings. The Labute approximate surface area is 142 Å². The van der Waals surface area contributed by atoms with Gasteiger partial charge in [-0.25, -0.2) is 15.0 Å². The van der Waals surface area contributed by atoms with Gasteiger partial charge in [0, 0.05) is 37.0 Å². The minimum Gasteiger partial charge on any atom is -0.481 e. The third-order valence-electron chi connectivity index (χ3n) is 3.90. The van der Waals surface area contributed by atoms with E-state index < -0.39 is 0 Å². The Hall–Kier alpha value is -1.83. The Bertz CT molecular complexity index is 786. The highest BCUT2D eigenvalue weighted by molar-refractivity contribution is 7.20. The van der Waals surface area contributed by atoms with Crippen LogP contribution in [0, 0.1) is 0 Å². The average Bonchev–Trinajstić information content (AvgIpc) is 3.25. The summed E-state index contributed by atoms with van der Waals surface area (Å²) in [6.45, 7) is 2.64. The van der Waals surface area contributed by atoms with Gasteiger partial charge in [0.1, 0.15) is 11.3 Å². The number of hydrogen-bond donors (Lipinski definition) is 0. The van der Waals surface area contributed by atoms with E-state index in [0.29, 0.717) is 5.88 Å². The molecule has 4 rings (SSSR count). The van der Waals surface area contributed by atoms with Gasteiger partial charge >= 0.3 is 0 Å². The number of thiazole rings is 1. The molecule has 0 N–H and O–H groups in total. The summed E-state index contributed by atoms with van der Waals surface area (Å²) in [6, 6.07) is 4.18. The van der Waals surface area contributed by atoms with Crippen molar-refractivity contribution >= 4 is 22.7 Å². The summed E-state index contributed by atoms with van der Waals surface area (Å²) in [6.07, 6.45) is 2.51. The predicted molar refractivity (Wildman–Crippen MR) is 91.8 cm³/mol. The number of thiophene rings is 1. The lowest BCUT2D eigenvalue weighted by molar-refractivity contribution is 0.234. The number of aromatic nitrogens is 3. The van der Waals surface area contributed by atoms with Crippen LogP contribution in [0.5, 0.6) is 5.88 Å². The van der Waals surface area contributed by atoms with Crippen molar-refractivity contribution in [3.8, 4) is 15.8 Å². The first-order chi connectivity index (χ1) is 11.3. The van der Waals surface area contributed by atoms with Gasteiger partial charge in [0.2, 0.25) is 5.88 Å². The van der Waals surface area contributed by atoms with Crippen LogP contribution in [-0.2, 0) is 19.5 Å². The lowest BCUT2D eigenvalue weighted by Gasteiger charge is -2.27. The number of hydrogen-bond acceptors (Lipinski definition) is 7. The molecule has 1 aliphatic rings. The first kappa shape index (κ1) is 14.7. The molecule has 7 heteroatoms. The van der Waals surface area contributed by atoms with Crippen molar-refractivity contribution in [3.05, 3.63) is 46.2 Å². The maximum absolute atomic E-state index is 5.37. The molecule has 0 bridgehead atoms. The summed E-state index contributed by atoms with van der Waals surface area (Å²) in [5, 5.41) is 5.35. The minimum absolute atomic E-state index is 0.692. The standard InChI is InChI=1S/C16H16N4OS2/c1-21-15-12-8-20(5-4-13(12)17-10-18-15)7-11-9-23-16(19-11)14-3-2-6-22-14/h2-3,6,9-10H,4-5,7-8H2,1H3. The third kappa shape index (κ3) is 2.99. The molecular formula is C16H16N4OS2. The Morgan fingerprint density at radius 2 is 2.26 bits per heavy atom. The van der Waals surface area contributed by atoms with E-state index in [-0.39, 0.29) is 0 Å². The molecule has 3 aromatic rings. The van der Waals surface area contributed by atoms with E-state index in [9.17, 15) is 0 Å². The second kappa shape index (κ2) is 6.35. The molecule has 23 heavy (non-hydrogen) atoms. The number of nitrogens with zero attached hydrogens (tertiary/aromatic N) is 4. The summed E-state index contributed by atoms with van der Waals surface area (Å²) in [7, 11) is 1.66. The molecule has 0 unspecified atom stereocenters. The zero-order valence-electron chi connectivity index (χ0n) is 12.7. The Morgan fingerprint density at radius 1 is 1.30 bits per heavy atom. The van der Waals surface area contributed by atoms with Crippen LogP contribution in [0.15, 0.2) is 29.2 Å². The number of methoxy groups -OCH3 is 1. The van der Waals surface area contributed by atoms with Crippen molar-refractivity contribution in [2.75, 3.05) is 13.7 Å². The van der Waals surface area contributed by atoms with Crippen LogP contribution < -0.4 is 4.74 Å². The number of ether oxygens (including phenoxy) is 1. The second-order valence-corrected chi connectivity index (χ2v) is 7.20. The van der Waals surface area contributed by atoms with E-state index in [0.717, 1.165) is 48.0 Å². The van der Waals surface area contributed by atoms with Crippen LogP contribution >= 0.6 is 22.7 Å². The molecule has 3 aromatic heterocycles. The van der Waals surface area contributed by atoms with Crippen LogP contribution in [0.4, 0.5) is 0 Å². The van der Waals surface area contributed by atoms with Crippen LogP contribution in [0.3, 0.4) is 0 Å². The highest BCUT2D eigenvalue weighted by atomic mass is 32.1. The van der Waals surface area contributed by atoms with E-state index in [1.807, 2.05) is 0 Å². The maximum atomic E-state index is 5.37. The number of rotatable bonds is 4. The number of fused-ring (bicyclic) bond motifs is 1. The van der Waals surface area contributed by atoms with Crippen LogP contribution in [0.25, 0.3) is 9.88 Å². The van der Waals surface area contributed by atoms with E-state index in [4.69, 9.17) is 9.72 Å². The predicted octanol–water partition coefficient (Wildman–Crippen LogP) is 3.23. The molecule has 0 aliphatic carbocycles. The zero-order valence-corrected chi connectivity index (χ0v) is 14.4. The molecule has 0 saturated carbocycles. The smallest absolute Gasteiger partial charge is 0.220 e. The van der Waals surface area contributed by atoms with Crippen molar-refractivity contribution in [1.82, 2.24) is 19.9 Å². The molecule has 0 amide bonds. The normalized spacial score (nSPS) is 14.7. The molecule has 5 nitrogen and oxygen atoms in total. The second-order valence-electron chi connectivity index (χ2n) is 5.39. The van der Waals surface area contributed by atoms with E-state index in [1.165, 1.54) is 4.88 Å². The third-order valence-corrected chi connectivity index (χ3v) is 5.83. The molecule has 0 aromatic carbocycles. The summed E-state index contributed by atoms with van der Waals surface area (Å²) in [5.74, 6) is 0.692. The van der Waals surface area contributed by atoms with E-state index in [1.54, 1.807) is 36.1 Å². The van der Waals surface area contributed by atoms with Crippen LogP contribution in [-0.4, -0.2) is 33.5 Å². The van der Waals surface area contributed by atoms with Crippen LogP contribution in [0.1, 0.15) is 17.0 Å². The quantitative estimate of drug-likeness (QED) is 0.727. The fraction of sp³-hybridized carbons (Fsp3) is 0.312. The fourth-order valence-electron chi connectivity index (χ4n) is 2.80. The van der Waals surface area contributed by atoms with Gasteiger partial charge in [0.25, 0.3) is 0 Å². The average molecular weight is 344 g/mol. The lowest BCUT2D eigenvalue weighted by atomic mass is 10.1. The van der Waals surface area contributed by atoms with Gasteiger partial charge < -0.3 is 4.74 Å². The molecule has 0 atom stereocenters. The summed E-state index contributed by atoms with van der Waals surface area (Å²) >= 11 is 3.44. The highest BCUT2D eigenvalue weighted by Gasteiger charge is 2.22. The van der Waals surface area contributed by atoms with Crippen molar-refractivity contribution < 1.29 is 4.74 Å². The summed E-state index contributed by atoms with van der Waals surface area (Å²) < 4.78 is 5.37. The van der Waals surface area contributed by atoms with Gasteiger partial charge in [-0.15, -0.1) is 22.7 Å². The molecular weight excluding hydrogens is 328 g/mol. The first-order valence-electron chi connectivity index (χ1n) is 7.41. The largest absolute Gasteiger partial charge is 0.481 e. The first-order valence-corrected chi connectivity index (χ1v) is 9.17. The molecule has 1 aliphatic heterocycles. The Kier molecular flexibility index (Phi) is 4.07. The van der Waals surface area contributed by atoms with Gasteiger partial charge in [-0.05, 0) is 11.4 Å². The van der Waals surface area contributed by atoms with Gasteiger partial charge in [0.15, 0.2) is 0 Å². The van der Waals surface area contributed by atoms with Crippen molar-refractivity contribution in [2.24, 2.45) is 0 Å². The summed E-state index contributed by atoms with van der Waals surface area (Å²) in [4.78, 5) is 17.0. The van der Waals surface area contributed by atoms with Crippen LogP contribution in [0.2, 0.25) is 0 Å². The maximum Gasteiger partial charge on any atom is 0.220 e. The Morgan fingerprint density at radius 3 is 3.09 bits per heavy atom. The lowest BCUT2D eigenvalue weighted by Crippen LogP contribution is -2.31. The topological polar surface area (TPSA) is 51.1 Å². The fourth-order valence-corrected chi connectivity index (χ4v) is 4.43. The van der Waals surface area contributed by atoms with Crippen molar-refractivity contribution in [2.45, 2.75) is 19.5 Å². The molecule has 4 heterocycles. The monoisotopic (exact) mass is 344 g/mol. The van der Waals surface area contributed by atoms with Crippen molar-refractivity contribution in [3.63, 3.8) is 0 Å². The van der Waals surface area contributed by atoms with Gasteiger partial charge in [-0.2, -0.15) is 0 Å². The zero-order chi connectivity index (χ0) is 15.6. The molecule has 0 spiro atoms. The van der Waals surface area contributed by atoms with Gasteiger partial charge in [-0.3, -0.25) is 4.90 Å². The summed E-state index contributed by atoms with van der Waals surface area (Å²) in [5.41, 5.74) is 3.33. The molecule has 118 valence electrons. The highest BCUT2D eigenvalue weighted by Crippen LogP contribution is 2.29. The van der Waals surface area contributed by atoms with Gasteiger partial charge in [-0.1, -0.05) is 6.07 Å².